The fourth-order valence-corrected chi connectivity index (χ4v) is 3.18. The molecule has 2 atom stereocenters. The van der Waals surface area contributed by atoms with E-state index in [0.29, 0.717) is 13.0 Å². The average molecular weight is 284 g/mol. The van der Waals surface area contributed by atoms with Gasteiger partial charge in [-0.25, -0.2) is 0 Å². The Morgan fingerprint density at radius 1 is 1.33 bits per heavy atom. The number of nitrogens with one attached hydrogen (secondary N) is 1. The van der Waals surface area contributed by atoms with Gasteiger partial charge in [0.15, 0.2) is 0 Å². The first-order valence-corrected chi connectivity index (χ1v) is 7.67. The minimum Gasteiger partial charge on any atom is -0.493 e. The van der Waals surface area contributed by atoms with Gasteiger partial charge in [-0.05, 0) is 49.7 Å². The van der Waals surface area contributed by atoms with Crippen LogP contribution in [0.15, 0.2) is 24.3 Å². The highest BCUT2D eigenvalue weighted by molar-refractivity contribution is 5.93. The highest BCUT2D eigenvalue weighted by atomic mass is 16.5. The fraction of sp³-hybridized carbons (Fsp3) is 0.529. The average Bonchev–Trinajstić information content (AvgIpc) is 3.10. The summed E-state index contributed by atoms with van der Waals surface area (Å²) >= 11 is 0. The normalized spacial score (nSPS) is 25.8. The first-order valence-electron chi connectivity index (χ1n) is 7.67. The third-order valence-electron chi connectivity index (χ3n) is 4.42. The topological polar surface area (TPSA) is 62.1 Å². The maximum atomic E-state index is 12.2. The predicted octanol–water partition coefficient (Wildman–Crippen LogP) is 3.35. The van der Waals surface area contributed by atoms with Crippen LogP contribution in [0.5, 0.6) is 5.75 Å². The Morgan fingerprint density at radius 3 is 2.90 bits per heavy atom. The highest BCUT2D eigenvalue weighted by Crippen LogP contribution is 2.54. The number of fused-ring (bicyclic) bond motifs is 1. The Hall–Kier alpha value is -2.02. The van der Waals surface area contributed by atoms with E-state index in [1.165, 1.54) is 6.42 Å². The Morgan fingerprint density at radius 2 is 2.14 bits per heavy atom. The molecule has 0 spiro atoms. The van der Waals surface area contributed by atoms with Gasteiger partial charge in [-0.15, -0.1) is 0 Å². The molecular formula is C17H20N2O2. The monoisotopic (exact) mass is 284 g/mol. The summed E-state index contributed by atoms with van der Waals surface area (Å²) in [4.78, 5) is 12.2. The molecule has 2 fully saturated rings. The van der Waals surface area contributed by atoms with E-state index in [-0.39, 0.29) is 11.8 Å². The third-order valence-corrected chi connectivity index (χ3v) is 4.42. The molecule has 1 aromatic rings. The maximum absolute atomic E-state index is 12.2. The molecule has 0 heterocycles. The van der Waals surface area contributed by atoms with Gasteiger partial charge in [-0.3, -0.25) is 4.79 Å². The minimum atomic E-state index is 0.142. The maximum Gasteiger partial charge on any atom is 0.227 e. The fourth-order valence-electron chi connectivity index (χ4n) is 3.18. The molecule has 1 aromatic carbocycles. The SMILES string of the molecule is N#CCCCOc1cccc(NC(=O)C2CC3CC3C2)c1. The van der Waals surface area contributed by atoms with E-state index in [4.69, 9.17) is 10.00 Å². The molecule has 2 aliphatic rings. The van der Waals surface area contributed by atoms with Gasteiger partial charge in [0.05, 0.1) is 12.7 Å². The number of hydrogen-bond donors (Lipinski definition) is 1. The van der Waals surface area contributed by atoms with Crippen LogP contribution >= 0.6 is 0 Å². The second-order valence-electron chi connectivity index (χ2n) is 6.05. The van der Waals surface area contributed by atoms with Crippen LogP contribution in [0.25, 0.3) is 0 Å². The largest absolute Gasteiger partial charge is 0.493 e. The molecule has 21 heavy (non-hydrogen) atoms. The van der Waals surface area contributed by atoms with Gasteiger partial charge in [-0.2, -0.15) is 5.26 Å². The lowest BCUT2D eigenvalue weighted by Gasteiger charge is -2.13. The zero-order valence-corrected chi connectivity index (χ0v) is 12.0. The number of carbonyl (C=O) groups excluding carboxylic acids is 1. The van der Waals surface area contributed by atoms with E-state index in [1.54, 1.807) is 0 Å². The molecule has 1 N–H and O–H groups in total. The van der Waals surface area contributed by atoms with Crippen LogP contribution in [0, 0.1) is 29.1 Å². The van der Waals surface area contributed by atoms with Crippen molar-refractivity contribution >= 4 is 11.6 Å². The van der Waals surface area contributed by atoms with Crippen molar-refractivity contribution in [3.8, 4) is 11.8 Å². The number of carbonyl (C=O) groups is 1. The molecule has 4 nitrogen and oxygen atoms in total. The van der Waals surface area contributed by atoms with Gasteiger partial charge in [-0.1, -0.05) is 6.07 Å². The number of nitriles is 1. The summed E-state index contributed by atoms with van der Waals surface area (Å²) in [6.45, 7) is 0.525. The van der Waals surface area contributed by atoms with Gasteiger partial charge in [0, 0.05) is 24.1 Å². The standard InChI is InChI=1S/C17H20N2O2/c18-6-1-2-7-21-16-5-3-4-15(11-16)19-17(20)14-9-12-8-13(12)10-14/h3-5,11-14H,1-2,7-10H2,(H,19,20). The lowest BCUT2D eigenvalue weighted by molar-refractivity contribution is -0.120. The van der Waals surface area contributed by atoms with Crippen LogP contribution in [-0.2, 0) is 4.79 Å². The number of nitrogens with zero attached hydrogens (tertiary/aromatic N) is 1. The molecule has 2 unspecified atom stereocenters. The van der Waals surface area contributed by atoms with Crippen molar-refractivity contribution < 1.29 is 9.53 Å². The molecule has 2 saturated carbocycles. The van der Waals surface area contributed by atoms with Crippen molar-refractivity contribution in [3.05, 3.63) is 24.3 Å². The number of amides is 1. The Labute approximate surface area is 125 Å². The van der Waals surface area contributed by atoms with Crippen LogP contribution in [0.1, 0.15) is 32.1 Å². The first-order chi connectivity index (χ1) is 10.3. The van der Waals surface area contributed by atoms with Crippen molar-refractivity contribution in [2.24, 2.45) is 17.8 Å². The number of unbranched alkanes of at least 4 members (excludes halogenated alkanes) is 1. The lowest BCUT2D eigenvalue weighted by atomic mass is 10.0. The zero-order valence-electron chi connectivity index (χ0n) is 12.0. The summed E-state index contributed by atoms with van der Waals surface area (Å²) in [5, 5.41) is 11.5. The number of rotatable bonds is 6. The smallest absolute Gasteiger partial charge is 0.227 e. The van der Waals surface area contributed by atoms with Crippen LogP contribution in [0.4, 0.5) is 5.69 Å². The lowest BCUT2D eigenvalue weighted by Crippen LogP contribution is -2.21. The molecule has 2 aliphatic carbocycles. The van der Waals surface area contributed by atoms with Crippen molar-refractivity contribution in [3.63, 3.8) is 0 Å². The van der Waals surface area contributed by atoms with Gasteiger partial charge >= 0.3 is 0 Å². The molecule has 0 saturated heterocycles. The summed E-state index contributed by atoms with van der Waals surface area (Å²) in [5.74, 6) is 2.70. The molecular weight excluding hydrogens is 264 g/mol. The number of benzene rings is 1. The van der Waals surface area contributed by atoms with Gasteiger partial charge in [0.1, 0.15) is 5.75 Å². The van der Waals surface area contributed by atoms with Crippen molar-refractivity contribution in [1.29, 1.82) is 5.26 Å². The van der Waals surface area contributed by atoms with E-state index in [1.807, 2.05) is 24.3 Å². The summed E-state index contributed by atoms with van der Waals surface area (Å²) in [7, 11) is 0. The highest BCUT2D eigenvalue weighted by Gasteiger charge is 2.47. The summed E-state index contributed by atoms with van der Waals surface area (Å²) in [5.41, 5.74) is 0.790. The summed E-state index contributed by atoms with van der Waals surface area (Å²) in [6.07, 6.45) is 4.66. The number of anilines is 1. The van der Waals surface area contributed by atoms with Crippen LogP contribution < -0.4 is 10.1 Å². The van der Waals surface area contributed by atoms with Crippen LogP contribution in [0.2, 0.25) is 0 Å². The summed E-state index contributed by atoms with van der Waals surface area (Å²) in [6, 6.07) is 9.57. The Balaban J connectivity index is 1.50. The minimum absolute atomic E-state index is 0.142. The molecule has 0 aromatic heterocycles. The molecule has 4 heteroatoms. The van der Waals surface area contributed by atoms with E-state index < -0.39 is 0 Å². The predicted molar refractivity (Wildman–Crippen MR) is 79.7 cm³/mol. The third kappa shape index (κ3) is 3.55. The summed E-state index contributed by atoms with van der Waals surface area (Å²) < 4.78 is 5.58. The van der Waals surface area contributed by atoms with Gasteiger partial charge in [0.25, 0.3) is 0 Å². The second-order valence-corrected chi connectivity index (χ2v) is 6.05. The second kappa shape index (κ2) is 6.17. The van der Waals surface area contributed by atoms with E-state index >= 15 is 0 Å². The van der Waals surface area contributed by atoms with Crippen LogP contribution in [0.3, 0.4) is 0 Å². The first kappa shape index (κ1) is 13.9. The van der Waals surface area contributed by atoms with E-state index in [0.717, 1.165) is 42.5 Å². The number of ether oxygens (including phenoxy) is 1. The van der Waals surface area contributed by atoms with E-state index in [9.17, 15) is 4.79 Å². The molecule has 110 valence electrons. The van der Waals surface area contributed by atoms with Gasteiger partial charge < -0.3 is 10.1 Å². The molecule has 3 rings (SSSR count). The molecule has 0 radical (unpaired) electrons. The van der Waals surface area contributed by atoms with Crippen molar-refractivity contribution in [2.45, 2.75) is 32.1 Å². The molecule has 0 aliphatic heterocycles. The van der Waals surface area contributed by atoms with Crippen molar-refractivity contribution in [1.82, 2.24) is 0 Å². The van der Waals surface area contributed by atoms with Crippen molar-refractivity contribution in [2.75, 3.05) is 11.9 Å². The van der Waals surface area contributed by atoms with Gasteiger partial charge in [0.2, 0.25) is 5.91 Å². The quantitative estimate of drug-likeness (QED) is 0.815. The Bertz CT molecular complexity index is 554. The van der Waals surface area contributed by atoms with E-state index in [2.05, 4.69) is 11.4 Å². The Kier molecular flexibility index (Phi) is 4.10. The molecule has 0 bridgehead atoms. The number of hydrogen-bond acceptors (Lipinski definition) is 3. The van der Waals surface area contributed by atoms with Crippen LogP contribution in [-0.4, -0.2) is 12.5 Å². The molecule has 1 amide bonds. The zero-order chi connectivity index (χ0) is 14.7.